The van der Waals surface area contributed by atoms with E-state index in [9.17, 15) is 4.79 Å². The Kier molecular flexibility index (Phi) is 4.77. The minimum absolute atomic E-state index is 0.152. The molecule has 1 saturated carbocycles. The minimum Gasteiger partial charge on any atom is -0.360 e. The van der Waals surface area contributed by atoms with E-state index >= 15 is 0 Å². The molecular weight excluding hydrogens is 302 g/mol. The fourth-order valence-electron chi connectivity index (χ4n) is 2.66. The summed E-state index contributed by atoms with van der Waals surface area (Å²) >= 11 is 1.31. The number of carbonyl (C=O) groups excluding carboxylic acids is 1. The maximum Gasteiger partial charge on any atom is 0.236 e. The first-order valence-corrected chi connectivity index (χ1v) is 8.45. The summed E-state index contributed by atoms with van der Waals surface area (Å²) in [5, 5.41) is 14.1. The van der Waals surface area contributed by atoms with Gasteiger partial charge in [0, 0.05) is 12.5 Å². The third-order valence-corrected chi connectivity index (χ3v) is 4.54. The second-order valence-corrected chi connectivity index (χ2v) is 6.52. The summed E-state index contributed by atoms with van der Waals surface area (Å²) in [5.41, 5.74) is 0. The number of H-pyrrole nitrogens is 1. The fourth-order valence-corrected chi connectivity index (χ4v) is 3.27. The van der Waals surface area contributed by atoms with Gasteiger partial charge in [0.25, 0.3) is 0 Å². The molecule has 0 atom stereocenters. The van der Waals surface area contributed by atoms with E-state index in [0.29, 0.717) is 16.7 Å². The summed E-state index contributed by atoms with van der Waals surface area (Å²) in [5.74, 6) is 2.83. The van der Waals surface area contributed by atoms with Gasteiger partial charge >= 0.3 is 0 Å². The van der Waals surface area contributed by atoms with E-state index in [4.69, 9.17) is 4.52 Å². The Bertz CT molecular complexity index is 633. The summed E-state index contributed by atoms with van der Waals surface area (Å²) in [6, 6.07) is 1.68. The van der Waals surface area contributed by atoms with Gasteiger partial charge in [-0.2, -0.15) is 0 Å². The molecular formula is C14H19N5O2S. The molecule has 1 fully saturated rings. The summed E-state index contributed by atoms with van der Waals surface area (Å²) in [6.07, 6.45) is 6.16. The SMILES string of the molecule is Cc1cc(NC(=O)CSc2n[nH]c(CC3CCCC3)n2)no1. The van der Waals surface area contributed by atoms with E-state index in [1.807, 2.05) is 0 Å². The van der Waals surface area contributed by atoms with Gasteiger partial charge in [-0.3, -0.25) is 9.89 Å². The first kappa shape index (κ1) is 15.1. The number of nitrogens with one attached hydrogen (secondary N) is 2. The summed E-state index contributed by atoms with van der Waals surface area (Å²) in [4.78, 5) is 16.2. The second-order valence-electron chi connectivity index (χ2n) is 5.58. The number of thioether (sulfide) groups is 1. The highest BCUT2D eigenvalue weighted by molar-refractivity contribution is 7.99. The zero-order chi connectivity index (χ0) is 15.4. The van der Waals surface area contributed by atoms with Crippen LogP contribution in [0.1, 0.15) is 37.3 Å². The Labute approximate surface area is 132 Å². The number of aromatic nitrogens is 4. The number of hydrogen-bond donors (Lipinski definition) is 2. The van der Waals surface area contributed by atoms with Crippen LogP contribution in [0.4, 0.5) is 5.82 Å². The highest BCUT2D eigenvalue weighted by atomic mass is 32.2. The Morgan fingerprint density at radius 1 is 1.50 bits per heavy atom. The van der Waals surface area contributed by atoms with Crippen LogP contribution in [-0.2, 0) is 11.2 Å². The van der Waals surface area contributed by atoms with E-state index in [0.717, 1.165) is 18.2 Å². The van der Waals surface area contributed by atoms with Gasteiger partial charge in [0.15, 0.2) is 5.82 Å². The van der Waals surface area contributed by atoms with Crippen molar-refractivity contribution in [1.82, 2.24) is 20.3 Å². The van der Waals surface area contributed by atoms with E-state index in [1.165, 1.54) is 37.4 Å². The lowest BCUT2D eigenvalue weighted by atomic mass is 10.0. The lowest BCUT2D eigenvalue weighted by Gasteiger charge is -2.04. The number of aromatic amines is 1. The Morgan fingerprint density at radius 2 is 2.32 bits per heavy atom. The molecule has 2 aromatic rings. The van der Waals surface area contributed by atoms with Crippen LogP contribution in [0.3, 0.4) is 0 Å². The monoisotopic (exact) mass is 321 g/mol. The van der Waals surface area contributed by atoms with Crippen molar-refractivity contribution in [3.63, 3.8) is 0 Å². The van der Waals surface area contributed by atoms with Gasteiger partial charge in [-0.1, -0.05) is 42.6 Å². The third-order valence-electron chi connectivity index (χ3n) is 3.70. The number of amides is 1. The third kappa shape index (κ3) is 4.09. The van der Waals surface area contributed by atoms with Crippen molar-refractivity contribution in [3.05, 3.63) is 17.7 Å². The summed E-state index contributed by atoms with van der Waals surface area (Å²) < 4.78 is 4.89. The van der Waals surface area contributed by atoms with Crippen molar-refractivity contribution in [3.8, 4) is 0 Å². The standard InChI is InChI=1S/C14H19N5O2S/c1-9-6-12(19-21-9)15-13(20)8-22-14-16-11(17-18-14)7-10-4-2-3-5-10/h6,10H,2-5,7-8H2,1H3,(H,15,19,20)(H,16,17,18). The van der Waals surface area contributed by atoms with Gasteiger partial charge < -0.3 is 9.84 Å². The highest BCUT2D eigenvalue weighted by Crippen LogP contribution is 2.27. The highest BCUT2D eigenvalue weighted by Gasteiger charge is 2.17. The maximum absolute atomic E-state index is 11.8. The molecule has 118 valence electrons. The van der Waals surface area contributed by atoms with E-state index < -0.39 is 0 Å². The molecule has 0 aliphatic heterocycles. The maximum atomic E-state index is 11.8. The Balaban J connectivity index is 1.44. The van der Waals surface area contributed by atoms with Crippen molar-refractivity contribution in [2.75, 3.05) is 11.1 Å². The van der Waals surface area contributed by atoms with Crippen molar-refractivity contribution < 1.29 is 9.32 Å². The molecule has 2 aromatic heterocycles. The average Bonchev–Trinajstić information content (AvgIpc) is 3.21. The molecule has 8 heteroatoms. The van der Waals surface area contributed by atoms with Gasteiger partial charge in [-0.05, 0) is 12.8 Å². The van der Waals surface area contributed by atoms with Crippen LogP contribution in [0, 0.1) is 12.8 Å². The number of hydrogen-bond acceptors (Lipinski definition) is 6. The molecule has 0 spiro atoms. The lowest BCUT2D eigenvalue weighted by molar-refractivity contribution is -0.113. The predicted octanol–water partition coefficient (Wildman–Crippen LogP) is 2.56. The molecule has 0 aromatic carbocycles. The molecule has 0 unspecified atom stereocenters. The molecule has 3 rings (SSSR count). The normalized spacial score (nSPS) is 15.3. The van der Waals surface area contributed by atoms with Crippen LogP contribution in [0.25, 0.3) is 0 Å². The van der Waals surface area contributed by atoms with Gasteiger partial charge in [0.05, 0.1) is 5.75 Å². The molecule has 1 aliphatic rings. The molecule has 2 N–H and O–H groups in total. The van der Waals surface area contributed by atoms with Crippen LogP contribution >= 0.6 is 11.8 Å². The Hall–Kier alpha value is -1.83. The molecule has 0 radical (unpaired) electrons. The number of nitrogens with zero attached hydrogens (tertiary/aromatic N) is 3. The number of anilines is 1. The molecule has 22 heavy (non-hydrogen) atoms. The number of aryl methyl sites for hydroxylation is 1. The van der Waals surface area contributed by atoms with Gasteiger partial charge in [-0.15, -0.1) is 5.10 Å². The van der Waals surface area contributed by atoms with Crippen LogP contribution in [0.2, 0.25) is 0 Å². The average molecular weight is 321 g/mol. The molecule has 1 aliphatic carbocycles. The lowest BCUT2D eigenvalue weighted by Crippen LogP contribution is -2.14. The van der Waals surface area contributed by atoms with Crippen molar-refractivity contribution in [2.45, 2.75) is 44.2 Å². The van der Waals surface area contributed by atoms with Gasteiger partial charge in [0.2, 0.25) is 11.1 Å². The van der Waals surface area contributed by atoms with Crippen molar-refractivity contribution in [2.24, 2.45) is 5.92 Å². The van der Waals surface area contributed by atoms with Crippen LogP contribution in [-0.4, -0.2) is 32.0 Å². The molecule has 2 heterocycles. The number of carbonyl (C=O) groups is 1. The fraction of sp³-hybridized carbons (Fsp3) is 0.571. The topological polar surface area (TPSA) is 96.7 Å². The van der Waals surface area contributed by atoms with Crippen LogP contribution < -0.4 is 5.32 Å². The Morgan fingerprint density at radius 3 is 3.05 bits per heavy atom. The zero-order valence-electron chi connectivity index (χ0n) is 12.5. The van der Waals surface area contributed by atoms with Gasteiger partial charge in [-0.25, -0.2) is 4.98 Å². The molecule has 0 saturated heterocycles. The smallest absolute Gasteiger partial charge is 0.236 e. The zero-order valence-corrected chi connectivity index (χ0v) is 13.3. The van der Waals surface area contributed by atoms with E-state index in [-0.39, 0.29) is 11.7 Å². The van der Waals surface area contributed by atoms with Crippen LogP contribution in [0.5, 0.6) is 0 Å². The van der Waals surface area contributed by atoms with E-state index in [2.05, 4.69) is 25.7 Å². The van der Waals surface area contributed by atoms with E-state index in [1.54, 1.807) is 13.0 Å². The van der Waals surface area contributed by atoms with Crippen molar-refractivity contribution >= 4 is 23.5 Å². The summed E-state index contributed by atoms with van der Waals surface area (Å²) in [7, 11) is 0. The van der Waals surface area contributed by atoms with Crippen LogP contribution in [0.15, 0.2) is 15.7 Å². The minimum atomic E-state index is -0.152. The number of rotatable bonds is 6. The second kappa shape index (κ2) is 6.95. The van der Waals surface area contributed by atoms with Gasteiger partial charge in [0.1, 0.15) is 11.6 Å². The molecule has 1 amide bonds. The summed E-state index contributed by atoms with van der Waals surface area (Å²) in [6.45, 7) is 1.77. The van der Waals surface area contributed by atoms with Crippen molar-refractivity contribution in [1.29, 1.82) is 0 Å². The first-order chi connectivity index (χ1) is 10.7. The largest absolute Gasteiger partial charge is 0.360 e. The first-order valence-electron chi connectivity index (χ1n) is 7.46. The molecule has 7 nitrogen and oxygen atoms in total. The molecule has 0 bridgehead atoms. The quantitative estimate of drug-likeness (QED) is 0.794. The predicted molar refractivity (Wildman–Crippen MR) is 82.6 cm³/mol.